The predicted octanol–water partition coefficient (Wildman–Crippen LogP) is 2.38. The van der Waals surface area contributed by atoms with Crippen molar-refractivity contribution in [1.82, 2.24) is 4.31 Å². The minimum atomic E-state index is -3.31. The van der Waals surface area contributed by atoms with Gasteiger partial charge in [0.2, 0.25) is 16.8 Å². The summed E-state index contributed by atoms with van der Waals surface area (Å²) >= 11 is 0. The molecule has 6 heteroatoms. The molecule has 0 saturated heterocycles. The van der Waals surface area contributed by atoms with Crippen LogP contribution >= 0.6 is 0 Å². The van der Waals surface area contributed by atoms with Gasteiger partial charge >= 0.3 is 0 Å². The van der Waals surface area contributed by atoms with Gasteiger partial charge in [-0.05, 0) is 23.3 Å². The molecule has 0 aliphatic carbocycles. The van der Waals surface area contributed by atoms with Crippen LogP contribution < -0.4 is 9.47 Å². The van der Waals surface area contributed by atoms with E-state index < -0.39 is 10.0 Å². The molecule has 22 heavy (non-hydrogen) atoms. The molecule has 0 amide bonds. The summed E-state index contributed by atoms with van der Waals surface area (Å²) in [7, 11) is -3.31. The second kappa shape index (κ2) is 5.98. The summed E-state index contributed by atoms with van der Waals surface area (Å²) in [5.74, 6) is 1.35. The number of nitrogens with zero attached hydrogens (tertiary/aromatic N) is 1. The number of sulfonamides is 1. The zero-order valence-corrected chi connectivity index (χ0v) is 13.0. The Balaban J connectivity index is 1.81. The van der Waals surface area contributed by atoms with Gasteiger partial charge in [0.05, 0.1) is 6.26 Å². The van der Waals surface area contributed by atoms with Gasteiger partial charge in [-0.25, -0.2) is 8.42 Å². The Morgan fingerprint density at radius 1 is 0.955 bits per heavy atom. The molecule has 2 aromatic carbocycles. The fourth-order valence-corrected chi connectivity index (χ4v) is 3.09. The second-order valence-corrected chi connectivity index (χ2v) is 7.19. The quantitative estimate of drug-likeness (QED) is 0.849. The van der Waals surface area contributed by atoms with E-state index >= 15 is 0 Å². The summed E-state index contributed by atoms with van der Waals surface area (Å²) in [4.78, 5) is 0. The van der Waals surface area contributed by atoms with Crippen molar-refractivity contribution >= 4 is 10.0 Å². The van der Waals surface area contributed by atoms with Crippen molar-refractivity contribution in [3.8, 4) is 11.5 Å². The molecule has 0 spiro atoms. The molecule has 3 rings (SSSR count). The van der Waals surface area contributed by atoms with Gasteiger partial charge in [0.25, 0.3) is 0 Å². The molecule has 0 radical (unpaired) electrons. The van der Waals surface area contributed by atoms with Crippen LogP contribution in [-0.4, -0.2) is 25.8 Å². The maximum atomic E-state index is 12.0. The number of rotatable bonds is 5. The Morgan fingerprint density at radius 3 is 2.36 bits per heavy atom. The molecule has 0 N–H and O–H groups in total. The SMILES string of the molecule is CS(=O)(=O)N(Cc1ccccc1)Cc1ccc2c(c1)OCO2. The minimum absolute atomic E-state index is 0.207. The van der Waals surface area contributed by atoms with Gasteiger partial charge in [-0.15, -0.1) is 0 Å². The van der Waals surface area contributed by atoms with E-state index in [1.165, 1.54) is 10.6 Å². The van der Waals surface area contributed by atoms with Crippen molar-refractivity contribution in [2.75, 3.05) is 13.0 Å². The summed E-state index contributed by atoms with van der Waals surface area (Å²) < 4.78 is 36.1. The molecule has 0 unspecified atom stereocenters. The first kappa shape index (κ1) is 14.9. The van der Waals surface area contributed by atoms with E-state index in [0.717, 1.165) is 11.1 Å². The van der Waals surface area contributed by atoms with E-state index in [1.807, 2.05) is 42.5 Å². The number of fused-ring (bicyclic) bond motifs is 1. The highest BCUT2D eigenvalue weighted by molar-refractivity contribution is 7.88. The Morgan fingerprint density at radius 2 is 1.64 bits per heavy atom. The summed E-state index contributed by atoms with van der Waals surface area (Å²) in [6, 6.07) is 15.0. The van der Waals surface area contributed by atoms with E-state index in [2.05, 4.69) is 0 Å². The number of benzene rings is 2. The first-order chi connectivity index (χ1) is 10.5. The lowest BCUT2D eigenvalue weighted by atomic mass is 10.2. The van der Waals surface area contributed by atoms with Crippen LogP contribution in [0.2, 0.25) is 0 Å². The van der Waals surface area contributed by atoms with Gasteiger partial charge in [0, 0.05) is 13.1 Å². The van der Waals surface area contributed by atoms with E-state index in [4.69, 9.17) is 9.47 Å². The van der Waals surface area contributed by atoms with Crippen molar-refractivity contribution < 1.29 is 17.9 Å². The first-order valence-corrected chi connectivity index (χ1v) is 8.75. The minimum Gasteiger partial charge on any atom is -0.454 e. The largest absolute Gasteiger partial charge is 0.454 e. The van der Waals surface area contributed by atoms with E-state index in [0.29, 0.717) is 24.6 Å². The highest BCUT2D eigenvalue weighted by Gasteiger charge is 2.19. The average molecular weight is 319 g/mol. The molecule has 0 atom stereocenters. The Labute approximate surface area is 130 Å². The van der Waals surface area contributed by atoms with Gasteiger partial charge in [0.15, 0.2) is 11.5 Å². The maximum Gasteiger partial charge on any atom is 0.231 e. The normalized spacial score (nSPS) is 13.5. The van der Waals surface area contributed by atoms with Gasteiger partial charge in [0.1, 0.15) is 0 Å². The van der Waals surface area contributed by atoms with Crippen LogP contribution in [-0.2, 0) is 23.1 Å². The number of hydrogen-bond donors (Lipinski definition) is 0. The average Bonchev–Trinajstić information content (AvgIpc) is 2.94. The molecular weight excluding hydrogens is 302 g/mol. The Hall–Kier alpha value is -2.05. The molecule has 0 bridgehead atoms. The number of hydrogen-bond acceptors (Lipinski definition) is 4. The fourth-order valence-electron chi connectivity index (χ4n) is 2.32. The Kier molecular flexibility index (Phi) is 4.04. The topological polar surface area (TPSA) is 55.8 Å². The molecule has 0 fully saturated rings. The zero-order chi connectivity index (χ0) is 15.6. The molecule has 1 aliphatic rings. The van der Waals surface area contributed by atoms with E-state index in [1.54, 1.807) is 6.07 Å². The molecule has 0 aromatic heterocycles. The second-order valence-electron chi connectivity index (χ2n) is 5.20. The highest BCUT2D eigenvalue weighted by atomic mass is 32.2. The zero-order valence-electron chi connectivity index (χ0n) is 12.2. The lowest BCUT2D eigenvalue weighted by molar-refractivity contribution is 0.174. The van der Waals surface area contributed by atoms with Gasteiger partial charge in [-0.2, -0.15) is 4.31 Å². The predicted molar refractivity (Wildman–Crippen MR) is 83.1 cm³/mol. The lowest BCUT2D eigenvalue weighted by Crippen LogP contribution is -2.29. The molecular formula is C16H17NO4S. The van der Waals surface area contributed by atoms with Crippen LogP contribution in [0.25, 0.3) is 0 Å². The van der Waals surface area contributed by atoms with Crippen LogP contribution in [0.1, 0.15) is 11.1 Å². The van der Waals surface area contributed by atoms with E-state index in [-0.39, 0.29) is 6.79 Å². The maximum absolute atomic E-state index is 12.0. The summed E-state index contributed by atoms with van der Waals surface area (Å²) in [5, 5.41) is 0. The van der Waals surface area contributed by atoms with Crippen LogP contribution in [0.5, 0.6) is 11.5 Å². The Bertz CT molecular complexity index is 759. The monoisotopic (exact) mass is 319 g/mol. The summed E-state index contributed by atoms with van der Waals surface area (Å²) in [5.41, 5.74) is 1.82. The van der Waals surface area contributed by atoms with Gasteiger partial charge in [-0.1, -0.05) is 36.4 Å². The highest BCUT2D eigenvalue weighted by Crippen LogP contribution is 2.33. The van der Waals surface area contributed by atoms with Crippen LogP contribution in [0.4, 0.5) is 0 Å². The van der Waals surface area contributed by atoms with Crippen LogP contribution in [0.3, 0.4) is 0 Å². The molecule has 0 saturated carbocycles. The number of ether oxygens (including phenoxy) is 2. The molecule has 116 valence electrons. The van der Waals surface area contributed by atoms with Gasteiger partial charge in [-0.3, -0.25) is 0 Å². The summed E-state index contributed by atoms with van der Waals surface area (Å²) in [6.45, 7) is 0.844. The standard InChI is InChI=1S/C16H17NO4S/c1-22(18,19)17(10-13-5-3-2-4-6-13)11-14-7-8-15-16(9-14)21-12-20-15/h2-9H,10-12H2,1H3. The summed E-state index contributed by atoms with van der Waals surface area (Å²) in [6.07, 6.45) is 1.23. The van der Waals surface area contributed by atoms with Crippen LogP contribution in [0.15, 0.2) is 48.5 Å². The van der Waals surface area contributed by atoms with Crippen molar-refractivity contribution in [2.45, 2.75) is 13.1 Å². The fraction of sp³-hybridized carbons (Fsp3) is 0.250. The van der Waals surface area contributed by atoms with Crippen molar-refractivity contribution in [3.63, 3.8) is 0 Å². The molecule has 1 aliphatic heterocycles. The first-order valence-electron chi connectivity index (χ1n) is 6.90. The van der Waals surface area contributed by atoms with Crippen molar-refractivity contribution in [2.24, 2.45) is 0 Å². The smallest absolute Gasteiger partial charge is 0.231 e. The molecule has 5 nitrogen and oxygen atoms in total. The lowest BCUT2D eigenvalue weighted by Gasteiger charge is -2.20. The molecule has 2 aromatic rings. The van der Waals surface area contributed by atoms with E-state index in [9.17, 15) is 8.42 Å². The third-order valence-corrected chi connectivity index (χ3v) is 4.66. The van der Waals surface area contributed by atoms with Crippen molar-refractivity contribution in [1.29, 1.82) is 0 Å². The third kappa shape index (κ3) is 3.40. The van der Waals surface area contributed by atoms with Crippen molar-refractivity contribution in [3.05, 3.63) is 59.7 Å². The van der Waals surface area contributed by atoms with Gasteiger partial charge < -0.3 is 9.47 Å². The molecule has 1 heterocycles. The van der Waals surface area contributed by atoms with Crippen LogP contribution in [0, 0.1) is 0 Å². The third-order valence-electron chi connectivity index (χ3n) is 3.47.